The summed E-state index contributed by atoms with van der Waals surface area (Å²) in [5.74, 6) is 2.12. The van der Waals surface area contributed by atoms with Crippen LogP contribution in [0.1, 0.15) is 5.56 Å². The molecule has 3 aromatic rings. The van der Waals surface area contributed by atoms with Gasteiger partial charge in [-0.25, -0.2) is 0 Å². The van der Waals surface area contributed by atoms with Crippen molar-refractivity contribution in [2.45, 2.75) is 11.6 Å². The van der Waals surface area contributed by atoms with Gasteiger partial charge in [-0.3, -0.25) is 9.59 Å². The summed E-state index contributed by atoms with van der Waals surface area (Å²) >= 11 is 1.26. The number of carbonyl (C=O) groups is 1. The highest BCUT2D eigenvalue weighted by molar-refractivity contribution is 7.99. The van der Waals surface area contributed by atoms with Gasteiger partial charge in [-0.15, -0.1) is 0 Å². The summed E-state index contributed by atoms with van der Waals surface area (Å²) in [6.07, 6.45) is 0. The summed E-state index contributed by atoms with van der Waals surface area (Å²) in [6, 6.07) is 15.6. The smallest absolute Gasteiger partial charge is 0.271 e. The van der Waals surface area contributed by atoms with E-state index in [9.17, 15) is 9.59 Å². The van der Waals surface area contributed by atoms with E-state index in [2.05, 4.69) is 10.4 Å². The molecule has 0 aliphatic carbocycles. The molecule has 154 valence electrons. The fourth-order valence-corrected chi connectivity index (χ4v) is 3.51. The fourth-order valence-electron chi connectivity index (χ4n) is 2.82. The molecule has 0 radical (unpaired) electrons. The predicted octanol–water partition coefficient (Wildman–Crippen LogP) is 2.38. The number of aromatic nitrogens is 2. The van der Waals surface area contributed by atoms with E-state index in [-0.39, 0.29) is 24.0 Å². The lowest BCUT2D eigenvalue weighted by Gasteiger charge is -2.08. The number of hydrogen-bond donors (Lipinski definition) is 1. The van der Waals surface area contributed by atoms with Gasteiger partial charge >= 0.3 is 0 Å². The Kier molecular flexibility index (Phi) is 5.89. The van der Waals surface area contributed by atoms with Crippen molar-refractivity contribution < 1.29 is 19.0 Å². The lowest BCUT2D eigenvalue weighted by Crippen LogP contribution is -2.25. The van der Waals surface area contributed by atoms with Crippen molar-refractivity contribution >= 4 is 17.7 Å². The maximum atomic E-state index is 12.2. The molecule has 8 nitrogen and oxygen atoms in total. The molecular formula is C21H19N3O5S. The summed E-state index contributed by atoms with van der Waals surface area (Å²) in [6.45, 7) is 0.599. The van der Waals surface area contributed by atoms with Gasteiger partial charge < -0.3 is 19.5 Å². The van der Waals surface area contributed by atoms with Gasteiger partial charge in [0.15, 0.2) is 11.5 Å². The molecule has 0 atom stereocenters. The van der Waals surface area contributed by atoms with Gasteiger partial charge in [0.05, 0.1) is 18.6 Å². The number of fused-ring (bicyclic) bond motifs is 1. The third-order valence-electron chi connectivity index (χ3n) is 4.37. The van der Waals surface area contributed by atoms with Crippen LogP contribution in [0.15, 0.2) is 64.4 Å². The van der Waals surface area contributed by atoms with Crippen molar-refractivity contribution in [2.24, 2.45) is 0 Å². The zero-order valence-electron chi connectivity index (χ0n) is 16.2. The number of nitrogens with zero attached hydrogens (tertiary/aromatic N) is 2. The highest BCUT2D eigenvalue weighted by Crippen LogP contribution is 2.32. The Bertz CT molecular complexity index is 1110. The Morgan fingerprint density at radius 3 is 2.73 bits per heavy atom. The number of methoxy groups -OCH3 is 1. The zero-order valence-corrected chi connectivity index (χ0v) is 17.0. The van der Waals surface area contributed by atoms with Crippen molar-refractivity contribution in [3.8, 4) is 22.9 Å². The number of benzene rings is 2. The SMILES string of the molecule is COc1ccc(-n2nc(SCC(=O)NCc3ccc4c(c3)OCO4)ccc2=O)cc1. The van der Waals surface area contributed by atoms with Crippen LogP contribution in [0.25, 0.3) is 5.69 Å². The second-order valence-corrected chi connectivity index (χ2v) is 7.37. The monoisotopic (exact) mass is 425 g/mol. The van der Waals surface area contributed by atoms with E-state index >= 15 is 0 Å². The highest BCUT2D eigenvalue weighted by Gasteiger charge is 2.13. The standard InChI is InChI=1S/C21H19N3O5S/c1-27-16-5-3-15(4-6-16)24-21(26)9-8-20(23-24)30-12-19(25)22-11-14-2-7-17-18(10-14)29-13-28-17/h2-10H,11-13H2,1H3,(H,22,25). The maximum absolute atomic E-state index is 12.2. The third-order valence-corrected chi connectivity index (χ3v) is 5.29. The number of carbonyl (C=O) groups excluding carboxylic acids is 1. The number of nitrogens with one attached hydrogen (secondary N) is 1. The predicted molar refractivity (Wildman–Crippen MR) is 112 cm³/mol. The Morgan fingerprint density at radius 2 is 1.93 bits per heavy atom. The topological polar surface area (TPSA) is 91.7 Å². The summed E-state index contributed by atoms with van der Waals surface area (Å²) in [5.41, 5.74) is 1.29. The van der Waals surface area contributed by atoms with Crippen LogP contribution in [0.2, 0.25) is 0 Å². The Balaban J connectivity index is 1.35. The molecule has 0 fully saturated rings. The first kappa shape index (κ1) is 19.8. The van der Waals surface area contributed by atoms with E-state index in [4.69, 9.17) is 14.2 Å². The van der Waals surface area contributed by atoms with E-state index < -0.39 is 0 Å². The van der Waals surface area contributed by atoms with Crippen molar-refractivity contribution in [1.82, 2.24) is 15.1 Å². The second kappa shape index (κ2) is 8.91. The van der Waals surface area contributed by atoms with Crippen molar-refractivity contribution in [3.63, 3.8) is 0 Å². The van der Waals surface area contributed by atoms with E-state index in [0.717, 1.165) is 5.56 Å². The zero-order chi connectivity index (χ0) is 20.9. The first-order chi connectivity index (χ1) is 14.6. The molecule has 0 unspecified atom stereocenters. The van der Waals surface area contributed by atoms with Crippen molar-refractivity contribution in [3.05, 3.63) is 70.5 Å². The van der Waals surface area contributed by atoms with Crippen LogP contribution >= 0.6 is 11.8 Å². The molecule has 0 saturated heterocycles. The minimum atomic E-state index is -0.253. The second-order valence-electron chi connectivity index (χ2n) is 6.37. The molecule has 1 amide bonds. The summed E-state index contributed by atoms with van der Waals surface area (Å²) in [7, 11) is 1.58. The molecule has 1 N–H and O–H groups in total. The molecule has 9 heteroatoms. The summed E-state index contributed by atoms with van der Waals surface area (Å²) < 4.78 is 17.0. The van der Waals surface area contributed by atoms with Gasteiger partial charge in [0.2, 0.25) is 12.7 Å². The molecule has 2 aromatic carbocycles. The van der Waals surface area contributed by atoms with Crippen molar-refractivity contribution in [2.75, 3.05) is 19.7 Å². The quantitative estimate of drug-likeness (QED) is 0.581. The van der Waals surface area contributed by atoms with Gasteiger partial charge in [0.1, 0.15) is 10.8 Å². The Labute approximate surface area is 176 Å². The number of amides is 1. The van der Waals surface area contributed by atoms with E-state index in [1.165, 1.54) is 22.5 Å². The molecular weight excluding hydrogens is 406 g/mol. The van der Waals surface area contributed by atoms with E-state index in [1.807, 2.05) is 18.2 Å². The molecule has 30 heavy (non-hydrogen) atoms. The van der Waals surface area contributed by atoms with Crippen LogP contribution in [-0.2, 0) is 11.3 Å². The maximum Gasteiger partial charge on any atom is 0.271 e. The fraction of sp³-hybridized carbons (Fsp3) is 0.190. The van der Waals surface area contributed by atoms with Crippen LogP contribution in [-0.4, -0.2) is 35.3 Å². The van der Waals surface area contributed by atoms with Crippen LogP contribution in [0.3, 0.4) is 0 Å². The molecule has 1 aromatic heterocycles. The van der Waals surface area contributed by atoms with Crippen LogP contribution < -0.4 is 25.1 Å². The van der Waals surface area contributed by atoms with Crippen molar-refractivity contribution in [1.29, 1.82) is 0 Å². The molecule has 0 bridgehead atoms. The minimum absolute atomic E-state index is 0.137. The molecule has 1 aliphatic rings. The first-order valence-corrected chi connectivity index (χ1v) is 10.1. The molecule has 0 saturated carbocycles. The third kappa shape index (κ3) is 4.57. The van der Waals surface area contributed by atoms with Gasteiger partial charge in [-0.2, -0.15) is 9.78 Å². The molecule has 4 rings (SSSR count). The average molecular weight is 425 g/mol. The molecule has 1 aliphatic heterocycles. The van der Waals surface area contributed by atoms with Gasteiger partial charge in [0.25, 0.3) is 5.56 Å². The lowest BCUT2D eigenvalue weighted by atomic mass is 10.2. The highest BCUT2D eigenvalue weighted by atomic mass is 32.2. The van der Waals surface area contributed by atoms with Crippen LogP contribution in [0.5, 0.6) is 17.2 Å². The average Bonchev–Trinajstić information content (AvgIpc) is 3.25. The van der Waals surface area contributed by atoms with Gasteiger partial charge in [-0.1, -0.05) is 17.8 Å². The summed E-state index contributed by atoms with van der Waals surface area (Å²) in [4.78, 5) is 24.4. The van der Waals surface area contributed by atoms with Gasteiger partial charge in [-0.05, 0) is 48.0 Å². The van der Waals surface area contributed by atoms with Crippen LogP contribution in [0.4, 0.5) is 0 Å². The number of rotatable bonds is 7. The number of thioether (sulfide) groups is 1. The van der Waals surface area contributed by atoms with E-state index in [0.29, 0.717) is 34.5 Å². The first-order valence-electron chi connectivity index (χ1n) is 9.15. The normalized spacial score (nSPS) is 11.9. The molecule has 2 heterocycles. The number of ether oxygens (including phenoxy) is 3. The number of hydrogen-bond acceptors (Lipinski definition) is 7. The Hall–Kier alpha value is -3.46. The lowest BCUT2D eigenvalue weighted by molar-refractivity contribution is -0.118. The molecule has 0 spiro atoms. The largest absolute Gasteiger partial charge is 0.497 e. The van der Waals surface area contributed by atoms with Gasteiger partial charge in [0, 0.05) is 12.6 Å². The van der Waals surface area contributed by atoms with E-state index in [1.54, 1.807) is 37.4 Å². The Morgan fingerprint density at radius 1 is 1.13 bits per heavy atom. The summed E-state index contributed by atoms with van der Waals surface area (Å²) in [5, 5.41) is 7.78. The van der Waals surface area contributed by atoms with Crippen LogP contribution in [0, 0.1) is 0 Å². The minimum Gasteiger partial charge on any atom is -0.497 e.